The molecule has 234 valence electrons. The molecule has 5 atom stereocenters. The van der Waals surface area contributed by atoms with E-state index in [1.165, 1.54) is 25.1 Å². The van der Waals surface area contributed by atoms with Crippen LogP contribution in [0.4, 0.5) is 35.1 Å². The maximum absolute atomic E-state index is 13.5. The number of ether oxygens (including phenoxy) is 2. The number of hydrogen-bond donors (Lipinski definition) is 2. The molecule has 2 aliphatic rings. The molecular weight excluding hydrogens is 588 g/mol. The molecule has 9 nitrogen and oxygen atoms in total. The molecule has 3 N–H and O–H groups in total. The van der Waals surface area contributed by atoms with Crippen molar-refractivity contribution in [3.63, 3.8) is 0 Å². The summed E-state index contributed by atoms with van der Waals surface area (Å²) in [5, 5.41) is 0.116. The van der Waals surface area contributed by atoms with Crippen molar-refractivity contribution in [2.24, 2.45) is 11.7 Å². The SMILES string of the molecule is C[C@@H](O[C@H](C)C(F)(F)F)[C@H](N)c1nc2ccc([C@@H](COC3CC3)N(OC(=O)C(F)(F)F)C(=O)C[C@H]3CC3(F)F)cc2[nH]1. The minimum absolute atomic E-state index is 0.0298. The van der Waals surface area contributed by atoms with Crippen LogP contribution in [0.3, 0.4) is 0 Å². The highest BCUT2D eigenvalue weighted by Crippen LogP contribution is 2.51. The van der Waals surface area contributed by atoms with Crippen molar-refractivity contribution in [1.82, 2.24) is 15.0 Å². The fourth-order valence-corrected chi connectivity index (χ4v) is 4.10. The van der Waals surface area contributed by atoms with Gasteiger partial charge in [-0.1, -0.05) is 6.07 Å². The molecule has 0 saturated heterocycles. The van der Waals surface area contributed by atoms with Crippen molar-refractivity contribution in [2.45, 2.75) is 88.2 Å². The van der Waals surface area contributed by atoms with Crippen LogP contribution in [0.1, 0.15) is 63.0 Å². The highest BCUT2D eigenvalue weighted by Gasteiger charge is 2.58. The number of aromatic amines is 1. The van der Waals surface area contributed by atoms with Crippen LogP contribution in [0.5, 0.6) is 0 Å². The van der Waals surface area contributed by atoms with Gasteiger partial charge in [0.25, 0.3) is 11.8 Å². The number of alkyl halides is 8. The summed E-state index contributed by atoms with van der Waals surface area (Å²) in [6.07, 6.45) is -13.9. The van der Waals surface area contributed by atoms with E-state index >= 15 is 0 Å². The molecule has 2 aromatic rings. The average molecular weight is 617 g/mol. The molecule has 1 aromatic heterocycles. The van der Waals surface area contributed by atoms with Gasteiger partial charge in [-0.2, -0.15) is 31.4 Å². The summed E-state index contributed by atoms with van der Waals surface area (Å²) < 4.78 is 116. The van der Waals surface area contributed by atoms with Crippen LogP contribution in [0.2, 0.25) is 0 Å². The summed E-state index contributed by atoms with van der Waals surface area (Å²) in [6.45, 7) is 1.70. The topological polar surface area (TPSA) is 120 Å². The van der Waals surface area contributed by atoms with Crippen molar-refractivity contribution in [2.75, 3.05) is 6.61 Å². The van der Waals surface area contributed by atoms with Crippen molar-refractivity contribution in [3.8, 4) is 0 Å². The monoisotopic (exact) mass is 616 g/mol. The van der Waals surface area contributed by atoms with Gasteiger partial charge >= 0.3 is 18.3 Å². The Kier molecular flexibility index (Phi) is 8.77. The highest BCUT2D eigenvalue weighted by atomic mass is 19.4. The molecule has 2 saturated carbocycles. The molecule has 42 heavy (non-hydrogen) atoms. The molecule has 0 bridgehead atoms. The van der Waals surface area contributed by atoms with E-state index in [1.807, 2.05) is 0 Å². The summed E-state index contributed by atoms with van der Waals surface area (Å²) >= 11 is 0. The summed E-state index contributed by atoms with van der Waals surface area (Å²) in [7, 11) is 0. The van der Waals surface area contributed by atoms with Crippen molar-refractivity contribution < 1.29 is 59.0 Å². The normalized spacial score (nSPS) is 21.5. The van der Waals surface area contributed by atoms with Crippen LogP contribution in [-0.4, -0.2) is 70.1 Å². The lowest BCUT2D eigenvalue weighted by molar-refractivity contribution is -0.247. The Hall–Kier alpha value is -3.05. The zero-order valence-electron chi connectivity index (χ0n) is 22.3. The first-order valence-corrected chi connectivity index (χ1v) is 12.9. The minimum Gasteiger partial charge on any atom is -0.376 e. The van der Waals surface area contributed by atoms with E-state index in [0.29, 0.717) is 12.8 Å². The zero-order valence-corrected chi connectivity index (χ0v) is 22.3. The van der Waals surface area contributed by atoms with E-state index < -0.39 is 79.8 Å². The number of nitrogens with two attached hydrogens (primary N) is 1. The predicted octanol–water partition coefficient (Wildman–Crippen LogP) is 5.03. The highest BCUT2D eigenvalue weighted by molar-refractivity contribution is 5.81. The molecule has 17 heteroatoms. The second kappa shape index (κ2) is 11.6. The van der Waals surface area contributed by atoms with Crippen LogP contribution in [-0.2, 0) is 23.9 Å². The average Bonchev–Trinajstić information content (AvgIpc) is 3.76. The maximum Gasteiger partial charge on any atom is 0.493 e. The Morgan fingerprint density at radius 3 is 2.36 bits per heavy atom. The number of fused-ring (bicyclic) bond motifs is 1. The van der Waals surface area contributed by atoms with E-state index in [9.17, 15) is 44.7 Å². The Morgan fingerprint density at radius 2 is 1.81 bits per heavy atom. The number of nitrogens with zero attached hydrogens (tertiary/aromatic N) is 2. The molecule has 0 radical (unpaired) electrons. The van der Waals surface area contributed by atoms with Gasteiger partial charge in [-0.15, -0.1) is 0 Å². The Bertz CT molecular complexity index is 1300. The number of imidazole rings is 1. The molecule has 4 rings (SSSR count). The number of hydroxylamine groups is 2. The lowest BCUT2D eigenvalue weighted by atomic mass is 10.1. The molecule has 1 aromatic carbocycles. The fraction of sp³-hybridized carbons (Fsp3) is 0.640. The Morgan fingerprint density at radius 1 is 1.17 bits per heavy atom. The minimum atomic E-state index is -5.50. The first-order chi connectivity index (χ1) is 19.4. The number of nitrogens with one attached hydrogen (secondary N) is 1. The first kappa shape index (κ1) is 31.9. The molecule has 2 aliphatic carbocycles. The summed E-state index contributed by atoms with van der Waals surface area (Å²) in [5.74, 6) is -8.57. The number of halogens is 8. The summed E-state index contributed by atoms with van der Waals surface area (Å²) in [6, 6.07) is 1.45. The molecule has 2 fully saturated rings. The first-order valence-electron chi connectivity index (χ1n) is 12.9. The van der Waals surface area contributed by atoms with Gasteiger partial charge < -0.3 is 25.0 Å². The van der Waals surface area contributed by atoms with Crippen LogP contribution in [0.25, 0.3) is 11.0 Å². The van der Waals surface area contributed by atoms with Gasteiger partial charge in [-0.25, -0.2) is 18.6 Å². The van der Waals surface area contributed by atoms with Gasteiger partial charge in [0, 0.05) is 18.8 Å². The van der Waals surface area contributed by atoms with E-state index in [4.69, 9.17) is 15.2 Å². The van der Waals surface area contributed by atoms with Gasteiger partial charge in [0.2, 0.25) is 0 Å². The second-order valence-electron chi connectivity index (χ2n) is 10.5. The standard InChI is InChI=1S/C25H28F8N4O5/c1-11(41-12(2)24(28,29)30)20(34)21-35-16-6-3-13(7-17(16)36-21)18(10-40-15-4-5-15)37(42-22(39)25(31,32)33)19(38)8-14-9-23(14,26)27/h3,6-7,11-12,14-15,18,20H,4-5,8-10,34H2,1-2H3,(H,35,36)/t11-,12-,14+,18-,20+/m1/s1. The largest absolute Gasteiger partial charge is 0.493 e. The van der Waals surface area contributed by atoms with Crippen LogP contribution in [0.15, 0.2) is 18.2 Å². The Balaban J connectivity index is 1.63. The lowest BCUT2D eigenvalue weighted by Gasteiger charge is -2.30. The molecule has 0 spiro atoms. The van der Waals surface area contributed by atoms with Crippen LogP contribution in [0, 0.1) is 5.92 Å². The Labute approximate surface area is 233 Å². The third-order valence-corrected chi connectivity index (χ3v) is 6.94. The van der Waals surface area contributed by atoms with Gasteiger partial charge in [0.05, 0.1) is 35.9 Å². The van der Waals surface area contributed by atoms with E-state index in [-0.39, 0.29) is 33.6 Å². The van der Waals surface area contributed by atoms with E-state index in [0.717, 1.165) is 6.92 Å². The third-order valence-electron chi connectivity index (χ3n) is 6.94. The number of hydrogen-bond acceptors (Lipinski definition) is 7. The zero-order chi connectivity index (χ0) is 31.2. The third kappa shape index (κ3) is 7.66. The molecular formula is C25H28F8N4O5. The number of aromatic nitrogens is 2. The second-order valence-corrected chi connectivity index (χ2v) is 10.5. The molecule has 1 heterocycles. The molecule has 1 amide bonds. The predicted molar refractivity (Wildman–Crippen MR) is 127 cm³/mol. The van der Waals surface area contributed by atoms with Crippen molar-refractivity contribution in [1.29, 1.82) is 0 Å². The maximum atomic E-state index is 13.5. The summed E-state index contributed by atoms with van der Waals surface area (Å²) in [5.41, 5.74) is 6.61. The number of carbonyl (C=O) groups is 2. The summed E-state index contributed by atoms with van der Waals surface area (Å²) in [4.78, 5) is 36.2. The lowest BCUT2D eigenvalue weighted by Crippen LogP contribution is -2.42. The molecule has 0 unspecified atom stereocenters. The number of H-pyrrole nitrogens is 1. The van der Waals surface area contributed by atoms with Crippen LogP contribution >= 0.6 is 0 Å². The van der Waals surface area contributed by atoms with Gasteiger partial charge in [0.15, 0.2) is 6.10 Å². The number of carbonyl (C=O) groups excluding carboxylic acids is 2. The van der Waals surface area contributed by atoms with Gasteiger partial charge in [0.1, 0.15) is 11.9 Å². The van der Waals surface area contributed by atoms with Gasteiger partial charge in [-0.05, 0) is 44.4 Å². The number of rotatable bonds is 11. The number of benzene rings is 1. The number of amides is 1. The van der Waals surface area contributed by atoms with Crippen molar-refractivity contribution >= 4 is 22.9 Å². The smallest absolute Gasteiger partial charge is 0.376 e. The fourth-order valence-electron chi connectivity index (χ4n) is 4.10. The van der Waals surface area contributed by atoms with E-state index in [1.54, 1.807) is 0 Å². The molecule has 0 aliphatic heterocycles. The quantitative estimate of drug-likeness (QED) is 0.269. The van der Waals surface area contributed by atoms with Crippen LogP contribution < -0.4 is 5.73 Å². The van der Waals surface area contributed by atoms with Crippen molar-refractivity contribution in [3.05, 3.63) is 29.6 Å². The van der Waals surface area contributed by atoms with E-state index in [2.05, 4.69) is 14.8 Å². The van der Waals surface area contributed by atoms with Gasteiger partial charge in [-0.3, -0.25) is 4.79 Å².